The molecule has 27 heavy (non-hydrogen) atoms. The molecule has 0 spiro atoms. The van der Waals surface area contributed by atoms with Gasteiger partial charge in [0, 0.05) is 37.7 Å². The van der Waals surface area contributed by atoms with E-state index < -0.39 is 6.04 Å². The molecule has 3 amide bonds. The van der Waals surface area contributed by atoms with Crippen LogP contribution in [-0.2, 0) is 22.7 Å². The summed E-state index contributed by atoms with van der Waals surface area (Å²) < 4.78 is 0. The van der Waals surface area contributed by atoms with E-state index in [1.165, 1.54) is 0 Å². The predicted octanol–water partition coefficient (Wildman–Crippen LogP) is 0.617. The summed E-state index contributed by atoms with van der Waals surface area (Å²) in [5, 5.41) is 2.34. The van der Waals surface area contributed by atoms with Crippen molar-refractivity contribution in [1.82, 2.24) is 15.1 Å². The molecule has 144 valence electrons. The van der Waals surface area contributed by atoms with Crippen LogP contribution in [0.25, 0.3) is 0 Å². The van der Waals surface area contributed by atoms with Gasteiger partial charge < -0.3 is 10.6 Å². The number of rotatable bonds is 4. The number of nitrogens with two attached hydrogens (primary N) is 1. The zero-order valence-corrected chi connectivity index (χ0v) is 15.6. The number of benzene rings is 1. The first-order valence-electron chi connectivity index (χ1n) is 9.67. The molecule has 2 saturated heterocycles. The van der Waals surface area contributed by atoms with Crippen molar-refractivity contribution in [2.45, 2.75) is 51.4 Å². The fraction of sp³-hybridized carbons (Fsp3) is 0.550. The molecule has 0 radical (unpaired) electrons. The summed E-state index contributed by atoms with van der Waals surface area (Å²) in [6.07, 6.45) is 1.78. The van der Waals surface area contributed by atoms with E-state index in [9.17, 15) is 14.4 Å². The second kappa shape index (κ2) is 7.05. The number of fused-ring (bicyclic) bond motifs is 1. The molecule has 2 fully saturated rings. The minimum absolute atomic E-state index is 0.115. The lowest BCUT2D eigenvalue weighted by atomic mass is 10.0. The predicted molar refractivity (Wildman–Crippen MR) is 99.5 cm³/mol. The van der Waals surface area contributed by atoms with Gasteiger partial charge in [0.25, 0.3) is 5.91 Å². The smallest absolute Gasteiger partial charge is 0.255 e. The van der Waals surface area contributed by atoms with Gasteiger partial charge in [-0.05, 0) is 49.4 Å². The van der Waals surface area contributed by atoms with Crippen LogP contribution in [0.1, 0.15) is 47.7 Å². The molecular weight excluding hydrogens is 344 g/mol. The topological polar surface area (TPSA) is 95.7 Å². The quantitative estimate of drug-likeness (QED) is 0.758. The number of carbonyl (C=O) groups is 3. The molecule has 7 nitrogen and oxygen atoms in total. The van der Waals surface area contributed by atoms with Crippen molar-refractivity contribution in [3.8, 4) is 0 Å². The number of nitrogens with one attached hydrogen (secondary N) is 1. The summed E-state index contributed by atoms with van der Waals surface area (Å²) in [4.78, 5) is 40.4. The third-order valence-electron chi connectivity index (χ3n) is 6.10. The van der Waals surface area contributed by atoms with Gasteiger partial charge in [0.15, 0.2) is 0 Å². The van der Waals surface area contributed by atoms with Crippen molar-refractivity contribution < 1.29 is 14.4 Å². The highest BCUT2D eigenvalue weighted by Crippen LogP contribution is 2.30. The van der Waals surface area contributed by atoms with E-state index in [-0.39, 0.29) is 24.1 Å². The standard InChI is InChI=1S/C20H26N4O3/c1-12-6-14(8-21)10-23(12)9-13-2-3-15-11-24(20(27)16(15)7-13)17-4-5-18(25)22-19(17)26/h2-3,7,12,14,17H,4-6,8-11,21H2,1H3,(H,22,25,26). The maximum Gasteiger partial charge on any atom is 0.255 e. The Bertz CT molecular complexity index is 793. The second-order valence-electron chi connectivity index (χ2n) is 8.01. The van der Waals surface area contributed by atoms with E-state index >= 15 is 0 Å². The monoisotopic (exact) mass is 370 g/mol. The Morgan fingerprint density at radius 3 is 2.78 bits per heavy atom. The molecule has 3 aliphatic rings. The molecule has 4 rings (SSSR count). The molecule has 3 heterocycles. The highest BCUT2D eigenvalue weighted by Gasteiger charge is 2.39. The fourth-order valence-corrected chi connectivity index (χ4v) is 4.54. The summed E-state index contributed by atoms with van der Waals surface area (Å²) in [6, 6.07) is 5.96. The first kappa shape index (κ1) is 18.1. The van der Waals surface area contributed by atoms with E-state index in [0.29, 0.717) is 37.0 Å². The van der Waals surface area contributed by atoms with E-state index in [1.807, 2.05) is 12.1 Å². The molecule has 0 aromatic heterocycles. The van der Waals surface area contributed by atoms with Crippen molar-refractivity contribution in [3.05, 3.63) is 34.9 Å². The van der Waals surface area contributed by atoms with Crippen molar-refractivity contribution in [2.24, 2.45) is 11.7 Å². The van der Waals surface area contributed by atoms with Crippen LogP contribution in [-0.4, -0.2) is 52.7 Å². The van der Waals surface area contributed by atoms with Gasteiger partial charge in [-0.25, -0.2) is 0 Å². The summed E-state index contributed by atoms with van der Waals surface area (Å²) in [5.74, 6) is -0.209. The molecule has 0 aliphatic carbocycles. The molecule has 3 unspecified atom stereocenters. The van der Waals surface area contributed by atoms with Crippen LogP contribution in [0.2, 0.25) is 0 Å². The van der Waals surface area contributed by atoms with Crippen molar-refractivity contribution >= 4 is 17.7 Å². The Morgan fingerprint density at radius 1 is 1.26 bits per heavy atom. The number of piperidine rings is 1. The van der Waals surface area contributed by atoms with E-state index in [4.69, 9.17) is 5.73 Å². The van der Waals surface area contributed by atoms with Gasteiger partial charge in [0.1, 0.15) is 6.04 Å². The van der Waals surface area contributed by atoms with Crippen molar-refractivity contribution in [1.29, 1.82) is 0 Å². The minimum Gasteiger partial charge on any atom is -0.330 e. The summed E-state index contributed by atoms with van der Waals surface area (Å²) in [7, 11) is 0. The first-order valence-corrected chi connectivity index (χ1v) is 9.67. The Balaban J connectivity index is 1.48. The van der Waals surface area contributed by atoms with Crippen LogP contribution >= 0.6 is 0 Å². The summed E-state index contributed by atoms with van der Waals surface area (Å²) in [6.45, 7) is 5.15. The zero-order valence-electron chi connectivity index (χ0n) is 15.6. The fourth-order valence-electron chi connectivity index (χ4n) is 4.54. The Hall–Kier alpha value is -2.25. The summed E-state index contributed by atoms with van der Waals surface area (Å²) >= 11 is 0. The van der Waals surface area contributed by atoms with Crippen LogP contribution < -0.4 is 11.1 Å². The minimum atomic E-state index is -0.560. The van der Waals surface area contributed by atoms with E-state index in [1.54, 1.807) is 4.90 Å². The van der Waals surface area contributed by atoms with E-state index in [0.717, 1.165) is 30.6 Å². The SMILES string of the molecule is CC1CC(CN)CN1Cc1ccc2c(c1)C(=O)N(C1CCC(=O)NC1=O)C2. The lowest BCUT2D eigenvalue weighted by Gasteiger charge is -2.29. The van der Waals surface area contributed by atoms with Crippen LogP contribution in [0.15, 0.2) is 18.2 Å². The van der Waals surface area contributed by atoms with Crippen molar-refractivity contribution in [3.63, 3.8) is 0 Å². The normalized spacial score (nSPS) is 28.6. The van der Waals surface area contributed by atoms with Crippen LogP contribution in [0.5, 0.6) is 0 Å². The Kier molecular flexibility index (Phi) is 4.74. The van der Waals surface area contributed by atoms with Crippen LogP contribution in [0, 0.1) is 5.92 Å². The van der Waals surface area contributed by atoms with Gasteiger partial charge in [0.2, 0.25) is 11.8 Å². The van der Waals surface area contributed by atoms with Gasteiger partial charge in [0.05, 0.1) is 0 Å². The summed E-state index contributed by atoms with van der Waals surface area (Å²) in [5.41, 5.74) is 8.55. The Labute approximate surface area is 158 Å². The molecule has 3 aliphatic heterocycles. The van der Waals surface area contributed by atoms with Crippen LogP contribution in [0.4, 0.5) is 0 Å². The number of likely N-dealkylation sites (tertiary alicyclic amines) is 1. The molecule has 3 atom stereocenters. The first-order chi connectivity index (χ1) is 13.0. The van der Waals surface area contributed by atoms with Gasteiger partial charge in [-0.1, -0.05) is 12.1 Å². The average Bonchev–Trinajstić information content (AvgIpc) is 3.15. The number of amides is 3. The lowest BCUT2D eigenvalue weighted by Crippen LogP contribution is -2.52. The highest BCUT2D eigenvalue weighted by atomic mass is 16.2. The Morgan fingerprint density at radius 2 is 2.07 bits per heavy atom. The molecule has 1 aromatic rings. The maximum absolute atomic E-state index is 12.9. The average molecular weight is 370 g/mol. The maximum atomic E-state index is 12.9. The van der Waals surface area contributed by atoms with Crippen molar-refractivity contribution in [2.75, 3.05) is 13.1 Å². The molecule has 1 aromatic carbocycles. The molecule has 0 saturated carbocycles. The third kappa shape index (κ3) is 3.37. The van der Waals surface area contributed by atoms with E-state index in [2.05, 4.69) is 23.2 Å². The molecule has 7 heteroatoms. The second-order valence-corrected chi connectivity index (χ2v) is 8.01. The van der Waals surface area contributed by atoms with Crippen LogP contribution in [0.3, 0.4) is 0 Å². The van der Waals surface area contributed by atoms with Gasteiger partial charge in [-0.3, -0.25) is 24.6 Å². The molecule has 0 bridgehead atoms. The number of carbonyl (C=O) groups excluding carboxylic acids is 3. The number of hydrogen-bond donors (Lipinski definition) is 2. The number of hydrogen-bond acceptors (Lipinski definition) is 5. The third-order valence-corrected chi connectivity index (χ3v) is 6.10. The van der Waals surface area contributed by atoms with Gasteiger partial charge in [-0.2, -0.15) is 0 Å². The number of nitrogens with zero attached hydrogens (tertiary/aromatic N) is 2. The lowest BCUT2D eigenvalue weighted by molar-refractivity contribution is -0.136. The number of imide groups is 1. The largest absolute Gasteiger partial charge is 0.330 e. The molecule has 3 N–H and O–H groups in total. The van der Waals surface area contributed by atoms with Gasteiger partial charge >= 0.3 is 0 Å². The zero-order chi connectivity index (χ0) is 19.1. The molecular formula is C20H26N4O3. The highest BCUT2D eigenvalue weighted by molar-refractivity contribution is 6.05. The van der Waals surface area contributed by atoms with Gasteiger partial charge in [-0.15, -0.1) is 0 Å².